The molecule has 0 spiro atoms. The number of phenols is 1. The second-order valence-corrected chi connectivity index (χ2v) is 8.16. The Labute approximate surface area is 184 Å². The monoisotopic (exact) mass is 433 g/mol. The van der Waals surface area contributed by atoms with Crippen molar-refractivity contribution in [1.82, 2.24) is 14.8 Å². The second-order valence-electron chi connectivity index (χ2n) is 7.73. The van der Waals surface area contributed by atoms with E-state index in [-0.39, 0.29) is 23.1 Å². The van der Waals surface area contributed by atoms with Crippen molar-refractivity contribution in [3.63, 3.8) is 0 Å². The molecule has 7 heteroatoms. The van der Waals surface area contributed by atoms with E-state index in [1.54, 1.807) is 36.4 Å². The molecular formula is C24H20ClN3O3. The van der Waals surface area contributed by atoms with Gasteiger partial charge >= 0.3 is 0 Å². The summed E-state index contributed by atoms with van der Waals surface area (Å²) < 4.78 is 8.04. The Morgan fingerprint density at radius 3 is 2.48 bits per heavy atom. The molecule has 2 aromatic heterocycles. The lowest BCUT2D eigenvalue weighted by Gasteiger charge is -2.14. The van der Waals surface area contributed by atoms with Gasteiger partial charge in [0.25, 0.3) is 5.89 Å². The van der Waals surface area contributed by atoms with Crippen LogP contribution in [-0.4, -0.2) is 25.7 Å². The molecule has 1 aliphatic rings. The summed E-state index contributed by atoms with van der Waals surface area (Å²) in [6, 6.07) is 15.8. The van der Waals surface area contributed by atoms with Crippen molar-refractivity contribution in [2.24, 2.45) is 0 Å². The molecule has 0 saturated heterocycles. The molecule has 5 rings (SSSR count). The van der Waals surface area contributed by atoms with E-state index in [1.165, 1.54) is 6.07 Å². The summed E-state index contributed by atoms with van der Waals surface area (Å²) in [5.41, 5.74) is 2.23. The molecule has 156 valence electrons. The molecule has 0 bridgehead atoms. The van der Waals surface area contributed by atoms with Crippen molar-refractivity contribution in [3.05, 3.63) is 76.9 Å². The lowest BCUT2D eigenvalue weighted by molar-refractivity contribution is 0.103. The summed E-state index contributed by atoms with van der Waals surface area (Å²) in [7, 11) is 0. The number of carbonyl (C=O) groups excluding carboxylic acids is 1. The van der Waals surface area contributed by atoms with E-state index >= 15 is 0 Å². The predicted molar refractivity (Wildman–Crippen MR) is 117 cm³/mol. The summed E-state index contributed by atoms with van der Waals surface area (Å²) in [5.74, 6) is 0.464. The molecule has 1 aliphatic carbocycles. The number of benzene rings is 2. The van der Waals surface area contributed by atoms with Crippen LogP contribution in [0.3, 0.4) is 0 Å². The number of carbonyl (C=O) groups is 1. The first kappa shape index (κ1) is 19.6. The molecule has 6 nitrogen and oxygen atoms in total. The summed E-state index contributed by atoms with van der Waals surface area (Å²) in [5, 5.41) is 19.2. The van der Waals surface area contributed by atoms with Crippen LogP contribution >= 0.6 is 11.6 Å². The lowest BCUT2D eigenvalue weighted by Crippen LogP contribution is -2.05. The Morgan fingerprint density at radius 2 is 1.74 bits per heavy atom. The van der Waals surface area contributed by atoms with Gasteiger partial charge in [0.2, 0.25) is 5.89 Å². The maximum absolute atomic E-state index is 13.1. The smallest absolute Gasteiger partial charge is 0.264 e. The number of aromatic hydroxyl groups is 1. The van der Waals surface area contributed by atoms with E-state index in [2.05, 4.69) is 14.8 Å². The topological polar surface area (TPSA) is 81.2 Å². The van der Waals surface area contributed by atoms with Crippen molar-refractivity contribution in [2.45, 2.75) is 31.7 Å². The van der Waals surface area contributed by atoms with Crippen LogP contribution in [0.15, 0.2) is 65.2 Å². The average molecular weight is 434 g/mol. The number of halogens is 1. The van der Waals surface area contributed by atoms with Gasteiger partial charge in [0.05, 0.1) is 5.56 Å². The van der Waals surface area contributed by atoms with E-state index in [1.807, 2.05) is 18.3 Å². The van der Waals surface area contributed by atoms with Gasteiger partial charge in [0, 0.05) is 28.4 Å². The molecule has 0 aliphatic heterocycles. The molecular weight excluding hydrogens is 414 g/mol. The van der Waals surface area contributed by atoms with E-state index in [0.29, 0.717) is 28.1 Å². The molecule has 31 heavy (non-hydrogen) atoms. The molecule has 1 fully saturated rings. The fraction of sp³-hybridized carbons (Fsp3) is 0.208. The Kier molecular flexibility index (Phi) is 5.08. The van der Waals surface area contributed by atoms with Crippen molar-refractivity contribution >= 4 is 17.4 Å². The molecule has 4 aromatic rings. The van der Waals surface area contributed by atoms with Crippen molar-refractivity contribution in [3.8, 4) is 28.8 Å². The van der Waals surface area contributed by atoms with Crippen LogP contribution in [0, 0.1) is 0 Å². The van der Waals surface area contributed by atoms with Gasteiger partial charge < -0.3 is 14.1 Å². The maximum Gasteiger partial charge on any atom is 0.264 e. The highest BCUT2D eigenvalue weighted by Crippen LogP contribution is 2.36. The third kappa shape index (κ3) is 3.75. The van der Waals surface area contributed by atoms with Gasteiger partial charge in [-0.2, -0.15) is 0 Å². The van der Waals surface area contributed by atoms with Gasteiger partial charge in [0.1, 0.15) is 11.4 Å². The van der Waals surface area contributed by atoms with Gasteiger partial charge in [-0.1, -0.05) is 36.6 Å². The van der Waals surface area contributed by atoms with Crippen LogP contribution in [0.25, 0.3) is 23.0 Å². The van der Waals surface area contributed by atoms with Crippen molar-refractivity contribution in [1.29, 1.82) is 0 Å². The second kappa shape index (κ2) is 8.04. The summed E-state index contributed by atoms with van der Waals surface area (Å²) in [4.78, 5) is 13.1. The zero-order valence-corrected chi connectivity index (χ0v) is 17.4. The number of rotatable bonds is 5. The summed E-state index contributed by atoms with van der Waals surface area (Å²) >= 11 is 5.97. The number of hydrogen-bond donors (Lipinski definition) is 1. The zero-order valence-electron chi connectivity index (χ0n) is 16.7. The molecule has 2 aromatic carbocycles. The number of nitrogens with zero attached hydrogens (tertiary/aromatic N) is 3. The molecule has 2 heterocycles. The Balaban J connectivity index is 1.55. The third-order valence-corrected chi connectivity index (χ3v) is 5.96. The van der Waals surface area contributed by atoms with E-state index < -0.39 is 0 Å². The lowest BCUT2D eigenvalue weighted by atomic mass is 10.0. The van der Waals surface area contributed by atoms with Crippen LogP contribution in [-0.2, 0) is 0 Å². The molecule has 1 N–H and O–H groups in total. The number of phenolic OH excluding ortho intramolecular Hbond substituents is 1. The summed E-state index contributed by atoms with van der Waals surface area (Å²) in [6.07, 6.45) is 6.19. The van der Waals surface area contributed by atoms with E-state index in [0.717, 1.165) is 31.2 Å². The largest absolute Gasteiger partial charge is 0.507 e. The first-order chi connectivity index (χ1) is 15.1. The minimum atomic E-state index is -0.242. The molecule has 1 saturated carbocycles. The van der Waals surface area contributed by atoms with Crippen LogP contribution in [0.4, 0.5) is 0 Å². The highest BCUT2D eigenvalue weighted by Gasteiger charge is 2.26. The molecule has 0 unspecified atom stereocenters. The fourth-order valence-corrected chi connectivity index (χ4v) is 4.24. The van der Waals surface area contributed by atoms with E-state index in [9.17, 15) is 9.90 Å². The van der Waals surface area contributed by atoms with Gasteiger partial charge in [-0.3, -0.25) is 4.79 Å². The standard InChI is InChI=1S/C24H20ClN3O3/c25-17-11-9-15(10-12-17)23-26-27-24(31-23)20-13-16(14-28(20)18-5-1-2-6-18)22(30)19-7-3-4-8-21(19)29/h3-4,7-14,18,29H,1-2,5-6H2. The highest BCUT2D eigenvalue weighted by atomic mass is 35.5. The quantitative estimate of drug-likeness (QED) is 0.395. The van der Waals surface area contributed by atoms with Crippen LogP contribution in [0.2, 0.25) is 5.02 Å². The minimum absolute atomic E-state index is 0.0366. The average Bonchev–Trinajstić information content (AvgIpc) is 3.53. The van der Waals surface area contributed by atoms with Crippen LogP contribution in [0.5, 0.6) is 5.75 Å². The number of hydrogen-bond acceptors (Lipinski definition) is 5. The van der Waals surface area contributed by atoms with Crippen molar-refractivity contribution in [2.75, 3.05) is 0 Å². The molecule has 0 atom stereocenters. The summed E-state index contributed by atoms with van der Waals surface area (Å²) in [6.45, 7) is 0. The van der Waals surface area contributed by atoms with Crippen LogP contribution < -0.4 is 0 Å². The van der Waals surface area contributed by atoms with Gasteiger partial charge in [-0.25, -0.2) is 0 Å². The Bertz CT molecular complexity index is 1240. The number of ketones is 1. The SMILES string of the molecule is O=C(c1cc(-c2nnc(-c3ccc(Cl)cc3)o2)n(C2CCCC2)c1)c1ccccc1O. The molecule has 0 radical (unpaired) electrons. The van der Waals surface area contributed by atoms with Gasteiger partial charge in [-0.15, -0.1) is 10.2 Å². The maximum atomic E-state index is 13.1. The number of para-hydroxylation sites is 1. The first-order valence-electron chi connectivity index (χ1n) is 10.2. The van der Waals surface area contributed by atoms with Crippen molar-refractivity contribution < 1.29 is 14.3 Å². The normalized spacial score (nSPS) is 14.2. The zero-order chi connectivity index (χ0) is 21.4. The Hall–Kier alpha value is -3.38. The third-order valence-electron chi connectivity index (χ3n) is 5.71. The Morgan fingerprint density at radius 1 is 1.03 bits per heavy atom. The van der Waals surface area contributed by atoms with E-state index in [4.69, 9.17) is 16.0 Å². The highest BCUT2D eigenvalue weighted by molar-refractivity contribution is 6.30. The first-order valence-corrected chi connectivity index (χ1v) is 10.6. The fourth-order valence-electron chi connectivity index (χ4n) is 4.12. The minimum Gasteiger partial charge on any atom is -0.507 e. The van der Waals surface area contributed by atoms with Crippen LogP contribution in [0.1, 0.15) is 47.6 Å². The van der Waals surface area contributed by atoms with Gasteiger partial charge in [-0.05, 0) is 55.3 Å². The number of aromatic nitrogens is 3. The molecule has 0 amide bonds. The van der Waals surface area contributed by atoms with Gasteiger partial charge in [0.15, 0.2) is 5.78 Å². The predicted octanol–water partition coefficient (Wildman–Crippen LogP) is 5.91.